The van der Waals surface area contributed by atoms with Crippen LogP contribution in [0, 0.1) is 5.82 Å². The van der Waals surface area contributed by atoms with Crippen molar-refractivity contribution in [3.05, 3.63) is 70.2 Å². The van der Waals surface area contributed by atoms with E-state index < -0.39 is 0 Å². The Labute approximate surface area is 184 Å². The molecule has 0 unspecified atom stereocenters. The summed E-state index contributed by atoms with van der Waals surface area (Å²) in [5, 5.41) is 4.00. The number of nitrogens with zero attached hydrogens (tertiary/aromatic N) is 4. The van der Waals surface area contributed by atoms with Gasteiger partial charge >= 0.3 is 0 Å². The van der Waals surface area contributed by atoms with E-state index in [-0.39, 0.29) is 28.8 Å². The molecule has 9 heteroatoms. The van der Waals surface area contributed by atoms with Crippen LogP contribution in [-0.4, -0.2) is 52.3 Å². The lowest BCUT2D eigenvalue weighted by Crippen LogP contribution is -2.41. The number of benzene rings is 1. The molecule has 0 N–H and O–H groups in total. The van der Waals surface area contributed by atoms with Crippen molar-refractivity contribution in [2.45, 2.75) is 31.7 Å². The monoisotopic (exact) mass is 440 g/mol. The van der Waals surface area contributed by atoms with Crippen molar-refractivity contribution in [3.63, 3.8) is 0 Å². The van der Waals surface area contributed by atoms with E-state index in [2.05, 4.69) is 10.1 Å². The zero-order valence-electron chi connectivity index (χ0n) is 17.9. The molecule has 1 saturated heterocycles. The highest BCUT2D eigenvalue weighted by molar-refractivity contribution is 5.93. The summed E-state index contributed by atoms with van der Waals surface area (Å²) >= 11 is 0. The van der Waals surface area contributed by atoms with Gasteiger partial charge in [0.15, 0.2) is 0 Å². The molecule has 0 bridgehead atoms. The van der Waals surface area contributed by atoms with Gasteiger partial charge in [-0.3, -0.25) is 9.59 Å². The minimum atomic E-state index is -0.324. The fourth-order valence-electron chi connectivity index (χ4n) is 3.87. The van der Waals surface area contributed by atoms with Crippen LogP contribution in [0.3, 0.4) is 0 Å². The summed E-state index contributed by atoms with van der Waals surface area (Å²) in [5.74, 6) is 0.373. The maximum absolute atomic E-state index is 13.1. The summed E-state index contributed by atoms with van der Waals surface area (Å²) < 4.78 is 25.1. The Kier molecular flexibility index (Phi) is 6.75. The number of hydrogen-bond donors (Lipinski definition) is 0. The molecule has 8 nitrogen and oxygen atoms in total. The highest BCUT2D eigenvalue weighted by atomic mass is 19.1. The van der Waals surface area contributed by atoms with Crippen molar-refractivity contribution in [2.24, 2.45) is 0 Å². The van der Waals surface area contributed by atoms with Crippen LogP contribution in [0.4, 0.5) is 4.39 Å². The highest BCUT2D eigenvalue weighted by Gasteiger charge is 2.29. The molecule has 0 saturated carbocycles. The molecule has 3 aromatic rings. The second-order valence-electron chi connectivity index (χ2n) is 7.80. The van der Waals surface area contributed by atoms with Gasteiger partial charge < -0.3 is 18.7 Å². The molecule has 2 aromatic heterocycles. The zero-order valence-corrected chi connectivity index (χ0v) is 17.9. The Balaban J connectivity index is 1.39. The number of aryl methyl sites for hydroxylation is 1. The minimum absolute atomic E-state index is 0.0298. The van der Waals surface area contributed by atoms with Gasteiger partial charge in [0.25, 0.3) is 11.5 Å². The van der Waals surface area contributed by atoms with Crippen LogP contribution in [-0.2, 0) is 11.3 Å². The number of piperidine rings is 1. The van der Waals surface area contributed by atoms with Gasteiger partial charge in [0.1, 0.15) is 11.4 Å². The normalized spacial score (nSPS) is 14.6. The molecule has 1 amide bonds. The van der Waals surface area contributed by atoms with Gasteiger partial charge in [-0.2, -0.15) is 4.98 Å². The number of rotatable bonds is 7. The number of ether oxygens (including phenoxy) is 1. The second kappa shape index (κ2) is 9.86. The molecular formula is C23H25FN4O4. The first-order valence-corrected chi connectivity index (χ1v) is 10.6. The number of halogens is 1. The van der Waals surface area contributed by atoms with Crippen LogP contribution < -0.4 is 5.56 Å². The van der Waals surface area contributed by atoms with Crippen LogP contribution in [0.5, 0.6) is 0 Å². The molecule has 3 heterocycles. The van der Waals surface area contributed by atoms with Crippen molar-refractivity contribution in [1.82, 2.24) is 19.6 Å². The highest BCUT2D eigenvalue weighted by Crippen LogP contribution is 2.29. The van der Waals surface area contributed by atoms with Gasteiger partial charge in [-0.05, 0) is 55.7 Å². The summed E-state index contributed by atoms with van der Waals surface area (Å²) in [4.78, 5) is 31.8. The summed E-state index contributed by atoms with van der Waals surface area (Å²) in [6, 6.07) is 9.22. The van der Waals surface area contributed by atoms with Gasteiger partial charge in [0.05, 0.1) is 0 Å². The average molecular weight is 440 g/mol. The van der Waals surface area contributed by atoms with E-state index in [0.717, 1.165) is 0 Å². The Bertz CT molecular complexity index is 1120. The van der Waals surface area contributed by atoms with Crippen LogP contribution in [0.25, 0.3) is 11.4 Å². The van der Waals surface area contributed by atoms with E-state index in [4.69, 9.17) is 9.26 Å². The smallest absolute Gasteiger partial charge is 0.263 e. The maximum atomic E-state index is 13.1. The van der Waals surface area contributed by atoms with E-state index in [1.165, 1.54) is 12.1 Å². The standard InChI is InChI=1S/C23H25FN4O4/c1-31-15-3-12-27-11-2-4-19(22(27)29)23(30)28-13-9-17(10-14-28)21-25-20(26-32-21)16-5-7-18(24)8-6-16/h2,4-8,11,17H,3,9-10,12-15H2,1H3. The molecular weight excluding hydrogens is 415 g/mol. The predicted molar refractivity (Wildman–Crippen MR) is 115 cm³/mol. The number of pyridine rings is 1. The van der Waals surface area contributed by atoms with Crippen LogP contribution >= 0.6 is 0 Å². The Morgan fingerprint density at radius 2 is 1.97 bits per heavy atom. The van der Waals surface area contributed by atoms with E-state index in [9.17, 15) is 14.0 Å². The summed E-state index contributed by atoms with van der Waals surface area (Å²) in [5.41, 5.74) is 0.580. The first-order chi connectivity index (χ1) is 15.6. The van der Waals surface area contributed by atoms with Gasteiger partial charge in [-0.25, -0.2) is 4.39 Å². The van der Waals surface area contributed by atoms with Crippen molar-refractivity contribution < 1.29 is 18.4 Å². The Morgan fingerprint density at radius 1 is 1.22 bits per heavy atom. The molecule has 4 rings (SSSR count). The molecule has 168 valence electrons. The second-order valence-corrected chi connectivity index (χ2v) is 7.80. The molecule has 1 aliphatic heterocycles. The number of hydrogen-bond acceptors (Lipinski definition) is 6. The fourth-order valence-corrected chi connectivity index (χ4v) is 3.87. The number of aromatic nitrogens is 3. The average Bonchev–Trinajstić information content (AvgIpc) is 3.31. The topological polar surface area (TPSA) is 90.5 Å². The SMILES string of the molecule is COCCCn1cccc(C(=O)N2CCC(c3nc(-c4ccc(F)cc4)no3)CC2)c1=O. The molecule has 1 fully saturated rings. The van der Waals surface area contributed by atoms with Gasteiger partial charge in [-0.15, -0.1) is 0 Å². The summed E-state index contributed by atoms with van der Waals surface area (Å²) in [6.07, 6.45) is 3.70. The molecule has 0 spiro atoms. The summed E-state index contributed by atoms with van der Waals surface area (Å²) in [6.45, 7) is 2.05. The van der Waals surface area contributed by atoms with Gasteiger partial charge in [0, 0.05) is 51.0 Å². The first kappa shape index (κ1) is 21.9. The predicted octanol–water partition coefficient (Wildman–Crippen LogP) is 3.09. The van der Waals surface area contributed by atoms with Crippen molar-refractivity contribution >= 4 is 5.91 Å². The number of carbonyl (C=O) groups is 1. The number of methoxy groups -OCH3 is 1. The maximum Gasteiger partial charge on any atom is 0.263 e. The van der Waals surface area contributed by atoms with Crippen LogP contribution in [0.15, 0.2) is 51.9 Å². The largest absolute Gasteiger partial charge is 0.385 e. The van der Waals surface area contributed by atoms with E-state index in [1.807, 2.05) is 0 Å². The Hall–Kier alpha value is -3.33. The first-order valence-electron chi connectivity index (χ1n) is 10.6. The van der Waals surface area contributed by atoms with Crippen molar-refractivity contribution in [1.29, 1.82) is 0 Å². The van der Waals surface area contributed by atoms with E-state index >= 15 is 0 Å². The van der Waals surface area contributed by atoms with Crippen LogP contribution in [0.1, 0.15) is 41.4 Å². The van der Waals surface area contributed by atoms with E-state index in [1.54, 1.807) is 47.0 Å². The summed E-state index contributed by atoms with van der Waals surface area (Å²) in [7, 11) is 1.62. The molecule has 32 heavy (non-hydrogen) atoms. The van der Waals surface area contributed by atoms with E-state index in [0.29, 0.717) is 62.8 Å². The number of amides is 1. The minimum Gasteiger partial charge on any atom is -0.385 e. The zero-order chi connectivity index (χ0) is 22.5. The third-order valence-corrected chi connectivity index (χ3v) is 5.67. The quantitative estimate of drug-likeness (QED) is 0.525. The third-order valence-electron chi connectivity index (χ3n) is 5.67. The lowest BCUT2D eigenvalue weighted by molar-refractivity contribution is 0.0702. The molecule has 0 atom stereocenters. The molecule has 0 radical (unpaired) electrons. The number of likely N-dealkylation sites (tertiary alicyclic amines) is 1. The van der Waals surface area contributed by atoms with Crippen LogP contribution in [0.2, 0.25) is 0 Å². The van der Waals surface area contributed by atoms with Crippen molar-refractivity contribution in [2.75, 3.05) is 26.8 Å². The lowest BCUT2D eigenvalue weighted by atomic mass is 9.96. The van der Waals surface area contributed by atoms with Gasteiger partial charge in [-0.1, -0.05) is 5.16 Å². The molecule has 0 aliphatic carbocycles. The molecule has 1 aliphatic rings. The Morgan fingerprint density at radius 3 is 2.69 bits per heavy atom. The molecule has 1 aromatic carbocycles. The fraction of sp³-hybridized carbons (Fsp3) is 0.391. The lowest BCUT2D eigenvalue weighted by Gasteiger charge is -2.30. The van der Waals surface area contributed by atoms with Gasteiger partial charge in [0.2, 0.25) is 11.7 Å². The van der Waals surface area contributed by atoms with Crippen molar-refractivity contribution in [3.8, 4) is 11.4 Å². The third kappa shape index (κ3) is 4.77. The number of carbonyl (C=O) groups excluding carboxylic acids is 1.